The first-order valence-electron chi connectivity index (χ1n) is 7.04. The van der Waals surface area contributed by atoms with Gasteiger partial charge in [0.25, 0.3) is 5.91 Å². The second-order valence-electron chi connectivity index (χ2n) is 4.91. The Morgan fingerprint density at radius 1 is 1.26 bits per heavy atom. The summed E-state index contributed by atoms with van der Waals surface area (Å²) < 4.78 is 5.98. The summed E-state index contributed by atoms with van der Waals surface area (Å²) in [6.45, 7) is 2.18. The number of hydrogen-bond acceptors (Lipinski definition) is 4. The first kappa shape index (κ1) is 17.0. The molecule has 120 valence electrons. The van der Waals surface area contributed by atoms with Gasteiger partial charge in [0.2, 0.25) is 0 Å². The summed E-state index contributed by atoms with van der Waals surface area (Å²) in [5.41, 5.74) is 5.41. The maximum Gasteiger partial charge on any atom is 0.259 e. The summed E-state index contributed by atoms with van der Waals surface area (Å²) in [7, 11) is 1.61. The van der Waals surface area contributed by atoms with Gasteiger partial charge in [0.15, 0.2) is 0 Å². The first-order valence-corrected chi connectivity index (χ1v) is 7.84. The molecule has 0 unspecified atom stereocenters. The van der Waals surface area contributed by atoms with E-state index in [4.69, 9.17) is 4.74 Å². The Bertz CT molecular complexity index is 699. The number of hydrazone groups is 1. The van der Waals surface area contributed by atoms with Crippen LogP contribution < -0.4 is 15.5 Å². The number of halogens is 1. The predicted octanol–water partition coefficient (Wildman–Crippen LogP) is 3.33. The summed E-state index contributed by atoms with van der Waals surface area (Å²) >= 11 is 3.40. The minimum atomic E-state index is -0.214. The number of aryl methyl sites for hydroxylation is 1. The molecule has 0 saturated heterocycles. The van der Waals surface area contributed by atoms with Crippen LogP contribution in [0.15, 0.2) is 52.0 Å². The minimum absolute atomic E-state index is 0.159. The molecule has 2 aromatic rings. The van der Waals surface area contributed by atoms with Gasteiger partial charge in [-0.1, -0.05) is 17.7 Å². The van der Waals surface area contributed by atoms with E-state index in [0.717, 1.165) is 21.5 Å². The van der Waals surface area contributed by atoms with Crippen LogP contribution in [0, 0.1) is 6.92 Å². The Kier molecular flexibility index (Phi) is 6.17. The number of anilines is 1. The fourth-order valence-electron chi connectivity index (χ4n) is 1.84. The van der Waals surface area contributed by atoms with Gasteiger partial charge in [-0.15, -0.1) is 0 Å². The maximum absolute atomic E-state index is 11.7. The van der Waals surface area contributed by atoms with E-state index >= 15 is 0 Å². The van der Waals surface area contributed by atoms with Crippen molar-refractivity contribution < 1.29 is 9.53 Å². The molecular weight excluding hydrogens is 358 g/mol. The molecule has 2 N–H and O–H groups in total. The lowest BCUT2D eigenvalue weighted by atomic mass is 10.2. The highest BCUT2D eigenvalue weighted by Crippen LogP contribution is 2.24. The smallest absolute Gasteiger partial charge is 0.259 e. The van der Waals surface area contributed by atoms with Crippen LogP contribution in [0.1, 0.15) is 11.1 Å². The number of amides is 1. The van der Waals surface area contributed by atoms with Crippen molar-refractivity contribution in [2.75, 3.05) is 19.0 Å². The lowest BCUT2D eigenvalue weighted by Crippen LogP contribution is -2.25. The zero-order chi connectivity index (χ0) is 16.7. The lowest BCUT2D eigenvalue weighted by Gasteiger charge is -2.05. The quantitative estimate of drug-likeness (QED) is 0.601. The minimum Gasteiger partial charge on any atom is -0.496 e. The number of hydrogen-bond donors (Lipinski definition) is 2. The van der Waals surface area contributed by atoms with Crippen LogP contribution in [0.2, 0.25) is 0 Å². The molecule has 0 aromatic heterocycles. The van der Waals surface area contributed by atoms with E-state index in [1.165, 1.54) is 5.56 Å². The van der Waals surface area contributed by atoms with Crippen molar-refractivity contribution >= 4 is 33.7 Å². The first-order chi connectivity index (χ1) is 11.1. The van der Waals surface area contributed by atoms with Crippen LogP contribution in [0.4, 0.5) is 5.69 Å². The Morgan fingerprint density at radius 2 is 2.00 bits per heavy atom. The van der Waals surface area contributed by atoms with Crippen LogP contribution in [0.25, 0.3) is 0 Å². The third-order valence-electron chi connectivity index (χ3n) is 3.08. The monoisotopic (exact) mass is 375 g/mol. The van der Waals surface area contributed by atoms with E-state index in [-0.39, 0.29) is 12.5 Å². The molecular formula is C17H18BrN3O2. The van der Waals surface area contributed by atoms with E-state index in [9.17, 15) is 4.79 Å². The SMILES string of the molecule is COc1ccc(/C=N\NC(=O)CNc2ccc(C)cc2)cc1Br. The van der Waals surface area contributed by atoms with E-state index < -0.39 is 0 Å². The van der Waals surface area contributed by atoms with Crippen LogP contribution in [-0.2, 0) is 4.79 Å². The van der Waals surface area contributed by atoms with Gasteiger partial charge in [0.05, 0.1) is 24.3 Å². The molecule has 0 aliphatic heterocycles. The summed E-state index contributed by atoms with van der Waals surface area (Å²) in [5, 5.41) is 6.97. The van der Waals surface area contributed by atoms with Gasteiger partial charge in [-0.2, -0.15) is 5.10 Å². The molecule has 0 atom stereocenters. The largest absolute Gasteiger partial charge is 0.496 e. The topological polar surface area (TPSA) is 62.7 Å². The van der Waals surface area contributed by atoms with E-state index in [2.05, 4.69) is 31.8 Å². The lowest BCUT2D eigenvalue weighted by molar-refractivity contribution is -0.119. The second kappa shape index (κ2) is 8.33. The van der Waals surface area contributed by atoms with Crippen molar-refractivity contribution in [3.05, 3.63) is 58.1 Å². The number of carbonyl (C=O) groups excluding carboxylic acids is 1. The van der Waals surface area contributed by atoms with Gasteiger partial charge in [0.1, 0.15) is 5.75 Å². The molecule has 0 heterocycles. The van der Waals surface area contributed by atoms with E-state index in [1.54, 1.807) is 13.3 Å². The molecule has 0 fully saturated rings. The molecule has 0 saturated carbocycles. The van der Waals surface area contributed by atoms with Gasteiger partial charge in [-0.25, -0.2) is 5.43 Å². The van der Waals surface area contributed by atoms with Gasteiger partial charge < -0.3 is 10.1 Å². The average molecular weight is 376 g/mol. The van der Waals surface area contributed by atoms with Gasteiger partial charge in [-0.3, -0.25) is 4.79 Å². The third kappa shape index (κ3) is 5.41. The molecule has 23 heavy (non-hydrogen) atoms. The van der Waals surface area contributed by atoms with Crippen molar-refractivity contribution in [3.63, 3.8) is 0 Å². The number of benzene rings is 2. The van der Waals surface area contributed by atoms with Crippen molar-refractivity contribution in [1.82, 2.24) is 5.43 Å². The van der Waals surface area contributed by atoms with Crippen molar-refractivity contribution in [2.24, 2.45) is 5.10 Å². The highest BCUT2D eigenvalue weighted by molar-refractivity contribution is 9.10. The Balaban J connectivity index is 1.81. The molecule has 0 aliphatic rings. The number of ether oxygens (including phenoxy) is 1. The van der Waals surface area contributed by atoms with Crippen molar-refractivity contribution in [3.8, 4) is 5.75 Å². The molecule has 0 spiro atoms. The number of methoxy groups -OCH3 is 1. The second-order valence-corrected chi connectivity index (χ2v) is 5.76. The molecule has 6 heteroatoms. The fraction of sp³-hybridized carbons (Fsp3) is 0.176. The summed E-state index contributed by atoms with van der Waals surface area (Å²) in [6, 6.07) is 13.4. The van der Waals surface area contributed by atoms with E-state index in [1.807, 2.05) is 49.4 Å². The average Bonchev–Trinajstić information content (AvgIpc) is 2.54. The van der Waals surface area contributed by atoms with Crippen molar-refractivity contribution in [2.45, 2.75) is 6.92 Å². The van der Waals surface area contributed by atoms with Gasteiger partial charge >= 0.3 is 0 Å². The third-order valence-corrected chi connectivity index (χ3v) is 3.70. The van der Waals surface area contributed by atoms with Gasteiger partial charge in [-0.05, 0) is 58.7 Å². The normalized spacial score (nSPS) is 10.6. The highest BCUT2D eigenvalue weighted by Gasteiger charge is 2.01. The maximum atomic E-state index is 11.7. The molecule has 1 amide bonds. The number of carbonyl (C=O) groups is 1. The van der Waals surface area contributed by atoms with Gasteiger partial charge in [0, 0.05) is 5.69 Å². The zero-order valence-corrected chi connectivity index (χ0v) is 14.6. The van der Waals surface area contributed by atoms with Crippen LogP contribution in [0.5, 0.6) is 5.75 Å². The summed E-state index contributed by atoms with van der Waals surface area (Å²) in [6.07, 6.45) is 1.58. The number of rotatable bonds is 6. The standard InChI is InChI=1S/C17H18BrN3O2/c1-12-3-6-14(7-4-12)19-11-17(22)21-20-10-13-5-8-16(23-2)15(18)9-13/h3-10,19H,11H2,1-2H3,(H,21,22)/b20-10-. The number of nitrogens with one attached hydrogen (secondary N) is 2. The van der Waals surface area contributed by atoms with E-state index in [0.29, 0.717) is 0 Å². The van der Waals surface area contributed by atoms with Crippen molar-refractivity contribution in [1.29, 1.82) is 0 Å². The summed E-state index contributed by atoms with van der Waals surface area (Å²) in [5.74, 6) is 0.530. The highest BCUT2D eigenvalue weighted by atomic mass is 79.9. The Hall–Kier alpha value is -2.34. The molecule has 2 aromatic carbocycles. The fourth-order valence-corrected chi connectivity index (χ4v) is 2.39. The predicted molar refractivity (Wildman–Crippen MR) is 96.1 cm³/mol. The number of nitrogens with zero attached hydrogens (tertiary/aromatic N) is 1. The molecule has 0 aliphatic carbocycles. The summed E-state index contributed by atoms with van der Waals surface area (Å²) in [4.78, 5) is 11.7. The molecule has 0 radical (unpaired) electrons. The molecule has 2 rings (SSSR count). The zero-order valence-electron chi connectivity index (χ0n) is 13.0. The van der Waals surface area contributed by atoms with Crippen LogP contribution >= 0.6 is 15.9 Å². The molecule has 0 bridgehead atoms. The molecule has 5 nitrogen and oxygen atoms in total. The Morgan fingerprint density at radius 3 is 2.65 bits per heavy atom. The van der Waals surface area contributed by atoms with Crippen LogP contribution in [0.3, 0.4) is 0 Å². The Labute approximate surface area is 143 Å². The van der Waals surface area contributed by atoms with Crippen LogP contribution in [-0.4, -0.2) is 25.8 Å².